The maximum atomic E-state index is 12.8. The number of sulfonamides is 1. The van der Waals surface area contributed by atoms with E-state index in [-0.39, 0.29) is 17.6 Å². The number of anilines is 1. The van der Waals surface area contributed by atoms with E-state index in [1.165, 1.54) is 15.6 Å². The van der Waals surface area contributed by atoms with E-state index in [0.717, 1.165) is 15.5 Å². The van der Waals surface area contributed by atoms with Crippen LogP contribution in [0.15, 0.2) is 28.6 Å². The Kier molecular flexibility index (Phi) is 7.31. The summed E-state index contributed by atoms with van der Waals surface area (Å²) in [6, 6.07) is 7.52. The maximum absolute atomic E-state index is 12.8. The molecule has 0 radical (unpaired) electrons. The number of hydrogen-bond acceptors (Lipinski definition) is 7. The highest BCUT2D eigenvalue weighted by Gasteiger charge is 2.31. The highest BCUT2D eigenvalue weighted by molar-refractivity contribution is 8.01. The Labute approximate surface area is 180 Å². The SMILES string of the molecule is Cc1ccccc1CS(=O)(=O)N1CCC(C(=O)Nc2nnc(SC(C)C)s2)CC1. The average molecular weight is 455 g/mol. The lowest BCUT2D eigenvalue weighted by molar-refractivity contribution is -0.120. The molecule has 2 heterocycles. The maximum Gasteiger partial charge on any atom is 0.229 e. The fraction of sp³-hybridized carbons (Fsp3) is 0.526. The first-order valence-corrected chi connectivity index (χ1v) is 12.9. The molecule has 0 atom stereocenters. The summed E-state index contributed by atoms with van der Waals surface area (Å²) < 4.78 is 27.9. The van der Waals surface area contributed by atoms with Gasteiger partial charge < -0.3 is 5.32 Å². The van der Waals surface area contributed by atoms with Gasteiger partial charge in [-0.15, -0.1) is 10.2 Å². The zero-order valence-corrected chi connectivity index (χ0v) is 19.2. The summed E-state index contributed by atoms with van der Waals surface area (Å²) >= 11 is 2.97. The molecule has 2 aromatic rings. The average Bonchev–Trinajstić information content (AvgIpc) is 3.09. The van der Waals surface area contributed by atoms with Gasteiger partial charge in [0, 0.05) is 24.3 Å². The molecule has 10 heteroatoms. The molecule has 29 heavy (non-hydrogen) atoms. The molecule has 1 aromatic carbocycles. The largest absolute Gasteiger partial charge is 0.300 e. The monoisotopic (exact) mass is 454 g/mol. The number of thioether (sulfide) groups is 1. The summed E-state index contributed by atoms with van der Waals surface area (Å²) in [5.74, 6) is -0.333. The van der Waals surface area contributed by atoms with E-state index in [4.69, 9.17) is 0 Å². The zero-order chi connectivity index (χ0) is 21.0. The quantitative estimate of drug-likeness (QED) is 0.508. The van der Waals surface area contributed by atoms with Crippen molar-refractivity contribution in [3.63, 3.8) is 0 Å². The second kappa shape index (κ2) is 9.55. The van der Waals surface area contributed by atoms with Crippen molar-refractivity contribution in [2.24, 2.45) is 5.92 Å². The third kappa shape index (κ3) is 6.00. The molecule has 1 saturated heterocycles. The molecule has 0 spiro atoms. The Morgan fingerprint density at radius 1 is 1.28 bits per heavy atom. The molecule has 1 fully saturated rings. The van der Waals surface area contributed by atoms with Gasteiger partial charge in [0.05, 0.1) is 5.75 Å². The second-order valence-corrected chi connectivity index (χ2v) is 12.2. The molecule has 0 bridgehead atoms. The number of benzene rings is 1. The minimum atomic E-state index is -3.40. The third-order valence-electron chi connectivity index (χ3n) is 4.79. The number of nitrogens with one attached hydrogen (secondary N) is 1. The van der Waals surface area contributed by atoms with Crippen LogP contribution in [0.4, 0.5) is 5.13 Å². The summed E-state index contributed by atoms with van der Waals surface area (Å²) in [6.07, 6.45) is 1.01. The normalized spacial score (nSPS) is 16.3. The lowest BCUT2D eigenvalue weighted by Gasteiger charge is -2.30. The first-order chi connectivity index (χ1) is 13.7. The summed E-state index contributed by atoms with van der Waals surface area (Å²) in [5.41, 5.74) is 1.79. The molecule has 1 aliphatic rings. The van der Waals surface area contributed by atoms with E-state index in [1.54, 1.807) is 11.8 Å². The number of hydrogen-bond donors (Lipinski definition) is 1. The van der Waals surface area contributed by atoms with E-state index in [0.29, 0.717) is 36.3 Å². The van der Waals surface area contributed by atoms with Crippen molar-refractivity contribution in [2.75, 3.05) is 18.4 Å². The molecule has 1 amide bonds. The molecule has 3 rings (SSSR count). The van der Waals surface area contributed by atoms with Gasteiger partial charge in [0.1, 0.15) is 0 Å². The van der Waals surface area contributed by atoms with Gasteiger partial charge in [-0.25, -0.2) is 12.7 Å². The van der Waals surface area contributed by atoms with Crippen molar-refractivity contribution in [2.45, 2.75) is 49.0 Å². The van der Waals surface area contributed by atoms with Crippen LogP contribution in [0, 0.1) is 12.8 Å². The number of aromatic nitrogens is 2. The van der Waals surface area contributed by atoms with E-state index >= 15 is 0 Å². The standard InChI is InChI=1S/C19H26N4O3S3/c1-13(2)27-19-22-21-18(28-19)20-17(24)15-8-10-23(11-9-15)29(25,26)12-16-7-5-4-6-14(16)3/h4-7,13,15H,8-12H2,1-3H3,(H,20,21,24). The number of nitrogens with zero attached hydrogens (tertiary/aromatic N) is 3. The number of rotatable bonds is 7. The number of amides is 1. The molecule has 0 aliphatic carbocycles. The molecular weight excluding hydrogens is 428 g/mol. The van der Waals surface area contributed by atoms with Gasteiger partial charge in [0.2, 0.25) is 21.1 Å². The summed E-state index contributed by atoms with van der Waals surface area (Å²) in [7, 11) is -3.40. The predicted octanol–water partition coefficient (Wildman–Crippen LogP) is 3.53. The summed E-state index contributed by atoms with van der Waals surface area (Å²) in [5, 5.41) is 11.8. The Morgan fingerprint density at radius 2 is 1.97 bits per heavy atom. The molecule has 1 aliphatic heterocycles. The van der Waals surface area contributed by atoms with Crippen molar-refractivity contribution in [1.29, 1.82) is 0 Å². The van der Waals surface area contributed by atoms with Gasteiger partial charge in [-0.1, -0.05) is 61.2 Å². The lowest BCUT2D eigenvalue weighted by atomic mass is 9.97. The van der Waals surface area contributed by atoms with Crippen molar-refractivity contribution < 1.29 is 13.2 Å². The van der Waals surface area contributed by atoms with Crippen LogP contribution in [-0.2, 0) is 20.6 Å². The smallest absolute Gasteiger partial charge is 0.229 e. The molecule has 1 N–H and O–H groups in total. The van der Waals surface area contributed by atoms with Crippen LogP contribution >= 0.6 is 23.1 Å². The number of aryl methyl sites for hydroxylation is 1. The van der Waals surface area contributed by atoms with Crippen LogP contribution < -0.4 is 5.32 Å². The molecule has 7 nitrogen and oxygen atoms in total. The van der Waals surface area contributed by atoms with Gasteiger partial charge in [-0.2, -0.15) is 0 Å². The predicted molar refractivity (Wildman–Crippen MR) is 118 cm³/mol. The van der Waals surface area contributed by atoms with Crippen LogP contribution in [0.1, 0.15) is 37.8 Å². The Balaban J connectivity index is 1.53. The third-order valence-corrected chi connectivity index (χ3v) is 8.54. The summed E-state index contributed by atoms with van der Waals surface area (Å²) in [6.45, 7) is 6.78. The van der Waals surface area contributed by atoms with Gasteiger partial charge in [0.25, 0.3) is 0 Å². The summed E-state index contributed by atoms with van der Waals surface area (Å²) in [4.78, 5) is 12.5. The number of carbonyl (C=O) groups is 1. The van der Waals surface area contributed by atoms with Crippen molar-refractivity contribution in [3.8, 4) is 0 Å². The zero-order valence-electron chi connectivity index (χ0n) is 16.8. The van der Waals surface area contributed by atoms with E-state index in [2.05, 4.69) is 29.4 Å². The van der Waals surface area contributed by atoms with Crippen molar-refractivity contribution in [1.82, 2.24) is 14.5 Å². The van der Waals surface area contributed by atoms with Crippen LogP contribution in [0.25, 0.3) is 0 Å². The number of carbonyl (C=O) groups excluding carboxylic acids is 1. The number of piperidine rings is 1. The van der Waals surface area contributed by atoms with E-state index < -0.39 is 10.0 Å². The first-order valence-electron chi connectivity index (χ1n) is 9.58. The highest BCUT2D eigenvalue weighted by atomic mass is 32.2. The van der Waals surface area contributed by atoms with Crippen molar-refractivity contribution in [3.05, 3.63) is 35.4 Å². The van der Waals surface area contributed by atoms with Crippen LogP contribution in [0.5, 0.6) is 0 Å². The first kappa shape index (κ1) is 22.2. The van der Waals surface area contributed by atoms with Gasteiger partial charge in [-0.05, 0) is 30.9 Å². The van der Waals surface area contributed by atoms with Crippen LogP contribution in [0.2, 0.25) is 0 Å². The Hall–Kier alpha value is -1.49. The minimum absolute atomic E-state index is 0.00237. The van der Waals surface area contributed by atoms with E-state index in [9.17, 15) is 13.2 Å². The highest BCUT2D eigenvalue weighted by Crippen LogP contribution is 2.29. The topological polar surface area (TPSA) is 92.3 Å². The van der Waals surface area contributed by atoms with Crippen LogP contribution in [-0.4, -0.2) is 47.2 Å². The van der Waals surface area contributed by atoms with Gasteiger partial charge in [-0.3, -0.25) is 4.79 Å². The molecule has 0 saturated carbocycles. The van der Waals surface area contributed by atoms with Gasteiger partial charge in [0.15, 0.2) is 4.34 Å². The molecule has 0 unspecified atom stereocenters. The Bertz CT molecular complexity index is 951. The second-order valence-electron chi connectivity index (χ2n) is 7.39. The molecule has 1 aromatic heterocycles. The fourth-order valence-corrected chi connectivity index (χ4v) is 6.82. The minimum Gasteiger partial charge on any atom is -0.300 e. The Morgan fingerprint density at radius 3 is 2.62 bits per heavy atom. The van der Waals surface area contributed by atoms with E-state index in [1.807, 2.05) is 31.2 Å². The fourth-order valence-electron chi connectivity index (χ4n) is 3.17. The lowest BCUT2D eigenvalue weighted by Crippen LogP contribution is -2.41. The van der Waals surface area contributed by atoms with Crippen molar-refractivity contribution >= 4 is 44.2 Å². The molecular formula is C19H26N4O3S3. The van der Waals surface area contributed by atoms with Gasteiger partial charge >= 0.3 is 0 Å². The molecule has 158 valence electrons. The van der Waals surface area contributed by atoms with Crippen LogP contribution in [0.3, 0.4) is 0 Å².